The Hall–Kier alpha value is -1.95. The van der Waals surface area contributed by atoms with Gasteiger partial charge in [0.2, 0.25) is 0 Å². The molecular weight excluding hydrogens is 292 g/mol. The van der Waals surface area contributed by atoms with Gasteiger partial charge in [0.15, 0.2) is 5.65 Å². The number of carbonyl (C=O) groups is 1. The molecule has 1 aliphatic heterocycles. The van der Waals surface area contributed by atoms with Crippen molar-refractivity contribution in [3.8, 4) is 0 Å². The maximum atomic E-state index is 12.8. The summed E-state index contributed by atoms with van der Waals surface area (Å²) in [6, 6.07) is 2.14. The average Bonchev–Trinajstić information content (AvgIpc) is 3.20. The van der Waals surface area contributed by atoms with E-state index in [2.05, 4.69) is 23.9 Å². The van der Waals surface area contributed by atoms with E-state index in [1.54, 1.807) is 12.4 Å². The number of nitrogens with zero attached hydrogens (tertiary/aromatic N) is 4. The Bertz CT molecular complexity index is 689. The van der Waals surface area contributed by atoms with E-state index in [1.807, 2.05) is 22.6 Å². The van der Waals surface area contributed by atoms with Gasteiger partial charge < -0.3 is 9.64 Å². The molecule has 3 heterocycles. The second-order valence-electron chi connectivity index (χ2n) is 6.39. The van der Waals surface area contributed by atoms with E-state index < -0.39 is 0 Å². The molecule has 1 atom stereocenters. The Morgan fingerprint density at radius 1 is 1.48 bits per heavy atom. The third kappa shape index (κ3) is 3.22. The number of ether oxygens (including phenoxy) is 1. The molecule has 0 aromatic carbocycles. The largest absolute Gasteiger partial charge is 0.381 e. The smallest absolute Gasteiger partial charge is 0.255 e. The average molecular weight is 316 g/mol. The molecule has 0 spiro atoms. The molecule has 0 saturated carbocycles. The predicted octanol–water partition coefficient (Wildman–Crippen LogP) is 2.51. The summed E-state index contributed by atoms with van der Waals surface area (Å²) in [5.74, 6) is 0.477. The summed E-state index contributed by atoms with van der Waals surface area (Å²) in [4.78, 5) is 19.1. The Labute approximate surface area is 136 Å². The first-order chi connectivity index (χ1) is 11.1. The topological polar surface area (TPSA) is 60.2 Å². The second kappa shape index (κ2) is 6.66. The molecule has 2 aromatic heterocycles. The summed E-state index contributed by atoms with van der Waals surface area (Å²) in [5, 5.41) is 5.26. The summed E-state index contributed by atoms with van der Waals surface area (Å²) in [6.45, 7) is 9.14. The van der Waals surface area contributed by atoms with Crippen LogP contribution in [0.5, 0.6) is 0 Å². The third-order valence-electron chi connectivity index (χ3n) is 4.34. The number of hydrogen-bond acceptors (Lipinski definition) is 4. The Morgan fingerprint density at radius 3 is 2.96 bits per heavy atom. The number of fused-ring (bicyclic) bond motifs is 1. The SMILES string of the molecule is CCN(C[C@@H]1CCOC1)C(=O)c1cnc2c(cnn2C(C)C)c1. The van der Waals surface area contributed by atoms with E-state index in [4.69, 9.17) is 4.74 Å². The van der Waals surface area contributed by atoms with E-state index in [0.29, 0.717) is 18.0 Å². The van der Waals surface area contributed by atoms with Gasteiger partial charge in [0.25, 0.3) is 5.91 Å². The third-order valence-corrected chi connectivity index (χ3v) is 4.34. The minimum absolute atomic E-state index is 0.0334. The zero-order valence-corrected chi connectivity index (χ0v) is 14.0. The molecule has 6 heteroatoms. The lowest BCUT2D eigenvalue weighted by molar-refractivity contribution is 0.0730. The number of aromatic nitrogens is 3. The number of rotatable bonds is 5. The van der Waals surface area contributed by atoms with Crippen molar-refractivity contribution < 1.29 is 9.53 Å². The molecule has 1 aliphatic rings. The van der Waals surface area contributed by atoms with Crippen molar-refractivity contribution in [3.05, 3.63) is 24.0 Å². The van der Waals surface area contributed by atoms with Crippen LogP contribution in [0.2, 0.25) is 0 Å². The molecule has 1 fully saturated rings. The van der Waals surface area contributed by atoms with Crippen LogP contribution in [0.1, 0.15) is 43.6 Å². The van der Waals surface area contributed by atoms with Gasteiger partial charge in [-0.25, -0.2) is 9.67 Å². The number of carbonyl (C=O) groups excluding carboxylic acids is 1. The van der Waals surface area contributed by atoms with Crippen LogP contribution in [0.4, 0.5) is 0 Å². The summed E-state index contributed by atoms with van der Waals surface area (Å²) < 4.78 is 7.28. The van der Waals surface area contributed by atoms with Crippen molar-refractivity contribution in [2.45, 2.75) is 33.2 Å². The van der Waals surface area contributed by atoms with E-state index >= 15 is 0 Å². The molecule has 0 radical (unpaired) electrons. The van der Waals surface area contributed by atoms with Crippen molar-refractivity contribution in [1.29, 1.82) is 0 Å². The molecule has 1 saturated heterocycles. The molecule has 23 heavy (non-hydrogen) atoms. The molecule has 0 unspecified atom stereocenters. The molecule has 124 valence electrons. The predicted molar refractivity (Wildman–Crippen MR) is 88.4 cm³/mol. The van der Waals surface area contributed by atoms with Gasteiger partial charge in [0.1, 0.15) is 0 Å². The molecule has 1 amide bonds. The van der Waals surface area contributed by atoms with E-state index in [0.717, 1.165) is 37.2 Å². The quantitative estimate of drug-likeness (QED) is 0.850. The van der Waals surface area contributed by atoms with Crippen LogP contribution >= 0.6 is 0 Å². The Balaban J connectivity index is 1.81. The molecule has 6 nitrogen and oxygen atoms in total. The monoisotopic (exact) mass is 316 g/mol. The van der Waals surface area contributed by atoms with E-state index in [1.165, 1.54) is 0 Å². The van der Waals surface area contributed by atoms with Crippen LogP contribution in [0.15, 0.2) is 18.5 Å². The number of hydrogen-bond donors (Lipinski definition) is 0. The van der Waals surface area contributed by atoms with Crippen LogP contribution in [0, 0.1) is 5.92 Å². The Morgan fingerprint density at radius 2 is 2.30 bits per heavy atom. The maximum Gasteiger partial charge on any atom is 0.255 e. The maximum absolute atomic E-state index is 12.8. The lowest BCUT2D eigenvalue weighted by atomic mass is 10.1. The lowest BCUT2D eigenvalue weighted by Crippen LogP contribution is -2.35. The lowest BCUT2D eigenvalue weighted by Gasteiger charge is -2.23. The zero-order chi connectivity index (χ0) is 16.4. The van der Waals surface area contributed by atoms with E-state index in [9.17, 15) is 4.79 Å². The highest BCUT2D eigenvalue weighted by molar-refractivity contribution is 5.96. The van der Waals surface area contributed by atoms with Gasteiger partial charge in [-0.05, 0) is 33.3 Å². The molecular formula is C17H24N4O2. The van der Waals surface area contributed by atoms with Gasteiger partial charge in [0.05, 0.1) is 18.4 Å². The summed E-state index contributed by atoms with van der Waals surface area (Å²) in [6.07, 6.45) is 4.47. The molecule has 0 bridgehead atoms. The van der Waals surface area contributed by atoms with E-state index in [-0.39, 0.29) is 11.9 Å². The van der Waals surface area contributed by atoms with Gasteiger partial charge in [0, 0.05) is 43.2 Å². The van der Waals surface area contributed by atoms with Crippen molar-refractivity contribution in [3.63, 3.8) is 0 Å². The highest BCUT2D eigenvalue weighted by atomic mass is 16.5. The highest BCUT2D eigenvalue weighted by Crippen LogP contribution is 2.19. The van der Waals surface area contributed by atoms with Crippen molar-refractivity contribution in [2.75, 3.05) is 26.3 Å². The number of pyridine rings is 1. The van der Waals surface area contributed by atoms with Crippen LogP contribution < -0.4 is 0 Å². The summed E-state index contributed by atoms with van der Waals surface area (Å²) in [5.41, 5.74) is 1.45. The van der Waals surface area contributed by atoms with Crippen LogP contribution in [0.3, 0.4) is 0 Å². The highest BCUT2D eigenvalue weighted by Gasteiger charge is 2.23. The zero-order valence-electron chi connectivity index (χ0n) is 14.0. The van der Waals surface area contributed by atoms with Crippen molar-refractivity contribution in [1.82, 2.24) is 19.7 Å². The minimum Gasteiger partial charge on any atom is -0.381 e. The van der Waals surface area contributed by atoms with Crippen molar-refractivity contribution >= 4 is 16.9 Å². The van der Waals surface area contributed by atoms with Crippen LogP contribution in [-0.4, -0.2) is 51.9 Å². The van der Waals surface area contributed by atoms with Gasteiger partial charge in [-0.1, -0.05) is 0 Å². The number of amides is 1. The fraction of sp³-hybridized carbons (Fsp3) is 0.588. The van der Waals surface area contributed by atoms with Gasteiger partial charge in [-0.3, -0.25) is 4.79 Å². The fourth-order valence-corrected chi connectivity index (χ4v) is 3.01. The summed E-state index contributed by atoms with van der Waals surface area (Å²) in [7, 11) is 0. The van der Waals surface area contributed by atoms with Gasteiger partial charge in [-0.15, -0.1) is 0 Å². The van der Waals surface area contributed by atoms with Gasteiger partial charge in [-0.2, -0.15) is 5.10 Å². The summed E-state index contributed by atoms with van der Waals surface area (Å²) >= 11 is 0. The van der Waals surface area contributed by atoms with Crippen LogP contribution in [-0.2, 0) is 4.74 Å². The van der Waals surface area contributed by atoms with Crippen molar-refractivity contribution in [2.24, 2.45) is 5.92 Å². The minimum atomic E-state index is 0.0334. The standard InChI is InChI=1S/C17H24N4O2/c1-4-20(10-13-5-6-23-11-13)17(22)15-7-14-9-19-21(12(2)3)16(14)18-8-15/h7-9,12-13H,4-6,10-11H2,1-3H3/t13-/m0/s1. The first-order valence-corrected chi connectivity index (χ1v) is 8.30. The molecule has 3 rings (SSSR count). The molecule has 2 aromatic rings. The molecule has 0 N–H and O–H groups in total. The normalized spacial score (nSPS) is 18.0. The molecule has 0 aliphatic carbocycles. The first kappa shape index (κ1) is 15.9. The van der Waals surface area contributed by atoms with Gasteiger partial charge >= 0.3 is 0 Å². The Kier molecular flexibility index (Phi) is 4.61. The fourth-order valence-electron chi connectivity index (χ4n) is 3.01. The van der Waals surface area contributed by atoms with Crippen LogP contribution in [0.25, 0.3) is 11.0 Å². The second-order valence-corrected chi connectivity index (χ2v) is 6.39. The first-order valence-electron chi connectivity index (χ1n) is 8.30.